The predicted molar refractivity (Wildman–Crippen MR) is 109 cm³/mol. The van der Waals surface area contributed by atoms with E-state index < -0.39 is 30.1 Å². The highest BCUT2D eigenvalue weighted by atomic mass is 127. The molecule has 0 N–H and O–H groups in total. The van der Waals surface area contributed by atoms with Crippen molar-refractivity contribution in [1.29, 1.82) is 0 Å². The van der Waals surface area contributed by atoms with Gasteiger partial charge in [0.15, 0.2) is 0 Å². The smallest absolute Gasteiger partial charge is 0.424 e. The van der Waals surface area contributed by atoms with Crippen molar-refractivity contribution in [2.24, 2.45) is 0 Å². The van der Waals surface area contributed by atoms with Crippen molar-refractivity contribution in [2.75, 3.05) is 11.6 Å². The maximum absolute atomic E-state index is 12.8. The number of ether oxygens (including phenoxy) is 2. The average Bonchev–Trinajstić information content (AvgIpc) is 2.43. The Bertz CT molecular complexity index is 609. The molecule has 0 aromatic heterocycles. The first-order chi connectivity index (χ1) is 11.8. The van der Waals surface area contributed by atoms with E-state index in [0.717, 1.165) is 10.5 Å². The molecule has 0 aliphatic carbocycles. The molecule has 1 rings (SSSR count). The molecule has 5 nitrogen and oxygen atoms in total. The zero-order chi connectivity index (χ0) is 20.1. The molecule has 0 aliphatic heterocycles. The summed E-state index contributed by atoms with van der Waals surface area (Å²) in [4.78, 5) is 26.1. The Kier molecular flexibility index (Phi) is 7.85. The molecular formula is C19H27FINO4. The average molecular weight is 479 g/mol. The van der Waals surface area contributed by atoms with E-state index >= 15 is 0 Å². The number of nitrogens with zero attached hydrogens (tertiary/aromatic N) is 1. The molecule has 1 aromatic rings. The second-order valence-electron chi connectivity index (χ2n) is 7.92. The van der Waals surface area contributed by atoms with Crippen LogP contribution in [0.15, 0.2) is 24.3 Å². The zero-order valence-electron chi connectivity index (χ0n) is 16.1. The number of carbonyl (C=O) groups is 2. The van der Waals surface area contributed by atoms with Crippen molar-refractivity contribution in [2.45, 2.75) is 63.1 Å². The quantitative estimate of drug-likeness (QED) is 0.412. The van der Waals surface area contributed by atoms with Crippen LogP contribution in [0.5, 0.6) is 0 Å². The minimum absolute atomic E-state index is 0.181. The van der Waals surface area contributed by atoms with Crippen molar-refractivity contribution in [3.05, 3.63) is 29.8 Å². The summed E-state index contributed by atoms with van der Waals surface area (Å²) in [6.45, 7) is 9.86. The van der Waals surface area contributed by atoms with Gasteiger partial charge in [0, 0.05) is 3.92 Å². The molecule has 1 atom stereocenters. The lowest BCUT2D eigenvalue weighted by atomic mass is 10.1. The number of rotatable bonds is 4. The molecule has 7 heteroatoms. The third-order valence-corrected chi connectivity index (χ3v) is 3.72. The molecule has 146 valence electrons. The maximum Gasteiger partial charge on any atom is 0.424 e. The Labute approximate surface area is 168 Å². The van der Waals surface area contributed by atoms with Gasteiger partial charge in [-0.1, -0.05) is 34.7 Å². The van der Waals surface area contributed by atoms with Crippen LogP contribution in [-0.2, 0) is 15.9 Å². The van der Waals surface area contributed by atoms with Gasteiger partial charge in [-0.05, 0) is 65.7 Å². The van der Waals surface area contributed by atoms with Crippen molar-refractivity contribution in [3.8, 4) is 0 Å². The number of benzene rings is 1. The number of carbonyl (C=O) groups excluding carboxylic acids is 2. The van der Waals surface area contributed by atoms with Gasteiger partial charge in [-0.15, -0.1) is 0 Å². The summed E-state index contributed by atoms with van der Waals surface area (Å²) in [5.41, 5.74) is -0.391. The van der Waals surface area contributed by atoms with Crippen LogP contribution in [0.3, 0.4) is 0 Å². The monoisotopic (exact) mass is 479 g/mol. The predicted octanol–water partition coefficient (Wildman–Crippen LogP) is 5.68. The van der Waals surface area contributed by atoms with Gasteiger partial charge < -0.3 is 9.47 Å². The maximum atomic E-state index is 12.8. The van der Waals surface area contributed by atoms with Crippen LogP contribution in [-0.4, -0.2) is 34.0 Å². The summed E-state index contributed by atoms with van der Waals surface area (Å²) in [5.74, 6) is 0. The van der Waals surface area contributed by atoms with Gasteiger partial charge >= 0.3 is 12.2 Å². The van der Waals surface area contributed by atoms with Crippen LogP contribution < -0.4 is 4.90 Å². The molecule has 1 aromatic carbocycles. The number of hydrogen-bond donors (Lipinski definition) is 0. The highest BCUT2D eigenvalue weighted by Crippen LogP contribution is 2.24. The van der Waals surface area contributed by atoms with Crippen molar-refractivity contribution < 1.29 is 23.5 Å². The minimum atomic E-state index is -0.819. The Morgan fingerprint density at radius 2 is 1.58 bits per heavy atom. The van der Waals surface area contributed by atoms with E-state index in [1.807, 2.05) is 28.7 Å². The first-order valence-corrected chi connectivity index (χ1v) is 9.62. The molecule has 0 radical (unpaired) electrons. The summed E-state index contributed by atoms with van der Waals surface area (Å²) in [5, 5.41) is 0. The van der Waals surface area contributed by atoms with Gasteiger partial charge in [0.1, 0.15) is 17.9 Å². The number of alkyl halides is 2. The Morgan fingerprint density at radius 1 is 1.08 bits per heavy atom. The van der Waals surface area contributed by atoms with Crippen molar-refractivity contribution in [3.63, 3.8) is 0 Å². The van der Waals surface area contributed by atoms with Gasteiger partial charge in [0.2, 0.25) is 0 Å². The van der Waals surface area contributed by atoms with E-state index in [-0.39, 0.29) is 3.92 Å². The third-order valence-electron chi connectivity index (χ3n) is 2.95. The SMILES string of the molecule is CC(C)(C)OC(=O)N(C(=O)OC(C)(C)C)c1cccc(C[C@H](I)CF)c1. The molecule has 0 aliphatic rings. The van der Waals surface area contributed by atoms with Crippen LogP contribution in [0.1, 0.15) is 47.1 Å². The highest BCUT2D eigenvalue weighted by Gasteiger charge is 2.32. The molecule has 0 heterocycles. The van der Waals surface area contributed by atoms with E-state index in [4.69, 9.17) is 9.47 Å². The zero-order valence-corrected chi connectivity index (χ0v) is 18.3. The van der Waals surface area contributed by atoms with Crippen LogP contribution in [0, 0.1) is 0 Å². The lowest BCUT2D eigenvalue weighted by molar-refractivity contribution is 0.0431. The van der Waals surface area contributed by atoms with Crippen LogP contribution >= 0.6 is 22.6 Å². The molecule has 0 saturated carbocycles. The lowest BCUT2D eigenvalue weighted by Crippen LogP contribution is -2.43. The van der Waals surface area contributed by atoms with E-state index in [1.165, 1.54) is 0 Å². The molecule has 0 unspecified atom stereocenters. The summed E-state index contributed by atoms with van der Waals surface area (Å²) >= 11 is 2.03. The fourth-order valence-corrected chi connectivity index (χ4v) is 2.54. The Morgan fingerprint density at radius 3 is 2.00 bits per heavy atom. The number of anilines is 1. The van der Waals surface area contributed by atoms with E-state index in [0.29, 0.717) is 12.1 Å². The number of hydrogen-bond acceptors (Lipinski definition) is 4. The summed E-state index contributed by atoms with van der Waals surface area (Å²) in [6, 6.07) is 6.84. The van der Waals surface area contributed by atoms with Gasteiger partial charge in [-0.3, -0.25) is 0 Å². The molecular weight excluding hydrogens is 452 g/mol. The van der Waals surface area contributed by atoms with Crippen molar-refractivity contribution in [1.82, 2.24) is 0 Å². The molecule has 0 fully saturated rings. The van der Waals surface area contributed by atoms with Gasteiger partial charge in [-0.2, -0.15) is 4.90 Å². The molecule has 0 spiro atoms. The Hall–Kier alpha value is -1.38. The topological polar surface area (TPSA) is 55.8 Å². The number of imide groups is 1. The third kappa shape index (κ3) is 7.88. The normalized spacial score (nSPS) is 13.1. The highest BCUT2D eigenvalue weighted by molar-refractivity contribution is 14.1. The lowest BCUT2D eigenvalue weighted by Gasteiger charge is -2.28. The first kappa shape index (κ1) is 22.7. The largest absolute Gasteiger partial charge is 0.443 e. The summed E-state index contributed by atoms with van der Waals surface area (Å²) in [7, 11) is 0. The molecule has 0 bridgehead atoms. The minimum Gasteiger partial charge on any atom is -0.443 e. The standard InChI is InChI=1S/C19H27FINO4/c1-18(2,3)25-16(23)22(17(24)26-19(4,5)6)15-9-7-8-13(11-15)10-14(21)12-20/h7-9,11,14H,10,12H2,1-6H3/t14-/m0/s1. The first-order valence-electron chi connectivity index (χ1n) is 8.37. The van der Waals surface area contributed by atoms with E-state index in [1.54, 1.807) is 59.7 Å². The molecule has 2 amide bonds. The Balaban J connectivity index is 3.21. The second kappa shape index (κ2) is 9.01. The van der Waals surface area contributed by atoms with E-state index in [2.05, 4.69) is 0 Å². The molecule has 26 heavy (non-hydrogen) atoms. The van der Waals surface area contributed by atoms with Crippen LogP contribution in [0.25, 0.3) is 0 Å². The number of amides is 2. The fourth-order valence-electron chi connectivity index (χ4n) is 2.03. The van der Waals surface area contributed by atoms with E-state index in [9.17, 15) is 14.0 Å². The summed E-state index contributed by atoms with van der Waals surface area (Å²) in [6.07, 6.45) is -1.15. The van der Waals surface area contributed by atoms with Gasteiger partial charge in [0.05, 0.1) is 5.69 Å². The summed E-state index contributed by atoms with van der Waals surface area (Å²) < 4.78 is 23.3. The van der Waals surface area contributed by atoms with Crippen LogP contribution in [0.2, 0.25) is 0 Å². The van der Waals surface area contributed by atoms with Gasteiger partial charge in [0.25, 0.3) is 0 Å². The van der Waals surface area contributed by atoms with Crippen molar-refractivity contribution >= 4 is 40.5 Å². The van der Waals surface area contributed by atoms with Crippen LogP contribution in [0.4, 0.5) is 19.7 Å². The second-order valence-corrected chi connectivity index (χ2v) is 9.68. The number of halogens is 2. The van der Waals surface area contributed by atoms with Gasteiger partial charge in [-0.25, -0.2) is 14.0 Å². The fraction of sp³-hybridized carbons (Fsp3) is 0.579. The molecule has 0 saturated heterocycles.